The minimum Gasteiger partial charge on any atom is -0.322 e. The Morgan fingerprint density at radius 3 is 2.52 bits per heavy atom. The largest absolute Gasteiger partial charge is 0.339 e. The van der Waals surface area contributed by atoms with Crippen molar-refractivity contribution in [1.29, 1.82) is 0 Å². The molecule has 0 aliphatic rings. The summed E-state index contributed by atoms with van der Waals surface area (Å²) >= 11 is 7.35. The molecule has 140 valence electrons. The number of nitrogens with one attached hydrogen (secondary N) is 2. The molecule has 0 spiro atoms. The second kappa shape index (κ2) is 7.63. The number of aromatic nitrogens is 2. The minimum absolute atomic E-state index is 0.0134. The van der Waals surface area contributed by atoms with Crippen LogP contribution < -0.4 is 11.0 Å². The monoisotopic (exact) mass is 423 g/mol. The lowest BCUT2D eigenvalue weighted by Crippen LogP contribution is -2.25. The molecule has 0 atom stereocenters. The first kappa shape index (κ1) is 19.3. The van der Waals surface area contributed by atoms with Crippen molar-refractivity contribution in [2.45, 2.75) is 9.79 Å². The summed E-state index contributed by atoms with van der Waals surface area (Å²) in [6.07, 6.45) is 4.01. The Kier molecular flexibility index (Phi) is 5.45. The number of H-pyrrole nitrogens is 1. The van der Waals surface area contributed by atoms with E-state index in [1.807, 2.05) is 0 Å². The van der Waals surface area contributed by atoms with Crippen LogP contribution in [-0.4, -0.2) is 29.5 Å². The van der Waals surface area contributed by atoms with Gasteiger partial charge < -0.3 is 10.3 Å². The summed E-state index contributed by atoms with van der Waals surface area (Å²) in [5.41, 5.74) is -0.272. The van der Waals surface area contributed by atoms with Gasteiger partial charge in [0.25, 0.3) is 15.9 Å². The maximum atomic E-state index is 12.9. The van der Waals surface area contributed by atoms with Crippen LogP contribution in [0.5, 0.6) is 0 Å². The molecule has 0 aliphatic carbocycles. The smallest absolute Gasteiger partial charge is 0.322 e. The molecule has 3 rings (SSSR count). The number of rotatable bonds is 5. The molecule has 2 N–H and O–H groups in total. The molecule has 0 unspecified atom stereocenters. The summed E-state index contributed by atoms with van der Waals surface area (Å²) < 4.78 is 26.4. The number of carbonyl (C=O) groups excluding carboxylic acids is 1. The third-order valence-electron chi connectivity index (χ3n) is 3.68. The van der Waals surface area contributed by atoms with Crippen molar-refractivity contribution in [2.75, 3.05) is 11.6 Å². The number of carbonyl (C=O) groups is 1. The molecule has 1 heterocycles. The Morgan fingerprint density at radius 1 is 1.22 bits per heavy atom. The highest BCUT2D eigenvalue weighted by atomic mass is 35.5. The number of benzene rings is 2. The number of para-hydroxylation sites is 1. The van der Waals surface area contributed by atoms with Crippen LogP contribution in [0.3, 0.4) is 0 Å². The molecular weight excluding hydrogens is 410 g/mol. The van der Waals surface area contributed by atoms with Gasteiger partial charge in [-0.3, -0.25) is 4.79 Å². The van der Waals surface area contributed by atoms with Crippen molar-refractivity contribution in [3.05, 3.63) is 75.9 Å². The number of aromatic amines is 1. The molecule has 27 heavy (non-hydrogen) atoms. The van der Waals surface area contributed by atoms with Crippen molar-refractivity contribution in [3.63, 3.8) is 0 Å². The first-order chi connectivity index (χ1) is 12.8. The van der Waals surface area contributed by atoms with E-state index >= 15 is 0 Å². The highest BCUT2D eigenvalue weighted by Gasteiger charge is 2.26. The summed E-state index contributed by atoms with van der Waals surface area (Å²) in [7, 11) is -4.20. The van der Waals surface area contributed by atoms with Crippen LogP contribution in [0.25, 0.3) is 0 Å². The summed E-state index contributed by atoms with van der Waals surface area (Å²) in [5, 5.41) is 2.77. The van der Waals surface area contributed by atoms with E-state index in [0.717, 1.165) is 18.0 Å². The topological polar surface area (TPSA) is 101 Å². The SMILES string of the molecule is CSc1cc(Cl)c(C(=O)Nc2ccccc2)cc1S(=O)(=O)n1cc[nH]c1=O. The molecule has 0 saturated heterocycles. The molecule has 10 heteroatoms. The fraction of sp³-hybridized carbons (Fsp3) is 0.0588. The van der Waals surface area contributed by atoms with Crippen molar-refractivity contribution in [1.82, 2.24) is 8.96 Å². The zero-order valence-electron chi connectivity index (χ0n) is 14.0. The van der Waals surface area contributed by atoms with Crippen LogP contribution in [0.1, 0.15) is 10.4 Å². The average molecular weight is 424 g/mol. The number of amides is 1. The standard InChI is InChI=1S/C17H14ClN3O4S2/c1-26-14-10-13(18)12(16(22)20-11-5-3-2-4-6-11)9-15(14)27(24,25)21-8-7-19-17(21)23/h2-10H,1H3,(H,19,23)(H,20,22). The van der Waals surface area contributed by atoms with Gasteiger partial charge >= 0.3 is 5.69 Å². The summed E-state index contributed by atoms with van der Waals surface area (Å²) in [4.78, 5) is 26.8. The number of hydrogen-bond acceptors (Lipinski definition) is 5. The zero-order chi connectivity index (χ0) is 19.6. The second-order valence-corrected chi connectivity index (χ2v) is 8.41. The third kappa shape index (κ3) is 3.80. The summed E-state index contributed by atoms with van der Waals surface area (Å²) in [6.45, 7) is 0. The lowest BCUT2D eigenvalue weighted by molar-refractivity contribution is 0.102. The van der Waals surface area contributed by atoms with Gasteiger partial charge in [-0.25, -0.2) is 13.2 Å². The minimum atomic E-state index is -4.20. The van der Waals surface area contributed by atoms with E-state index in [1.165, 1.54) is 18.3 Å². The molecule has 0 radical (unpaired) electrons. The quantitative estimate of drug-likeness (QED) is 0.614. The number of halogens is 1. The van der Waals surface area contributed by atoms with Crippen molar-refractivity contribution >= 4 is 45.0 Å². The van der Waals surface area contributed by atoms with E-state index in [2.05, 4.69) is 10.3 Å². The van der Waals surface area contributed by atoms with E-state index < -0.39 is 21.6 Å². The number of thioether (sulfide) groups is 1. The predicted octanol–water partition coefficient (Wildman–Crippen LogP) is 3.04. The molecule has 0 bridgehead atoms. The lowest BCUT2D eigenvalue weighted by atomic mass is 10.2. The number of anilines is 1. The maximum Gasteiger partial charge on any atom is 0.339 e. The highest BCUT2D eigenvalue weighted by Crippen LogP contribution is 2.32. The molecule has 7 nitrogen and oxygen atoms in total. The molecule has 0 fully saturated rings. The molecular formula is C17H14ClN3O4S2. The highest BCUT2D eigenvalue weighted by molar-refractivity contribution is 7.99. The Labute approximate surface area is 164 Å². The first-order valence-corrected chi connectivity index (χ1v) is 10.6. The van der Waals surface area contributed by atoms with Gasteiger partial charge in [0.2, 0.25) is 0 Å². The first-order valence-electron chi connectivity index (χ1n) is 7.60. The molecule has 2 aromatic carbocycles. The van der Waals surface area contributed by atoms with E-state index in [1.54, 1.807) is 36.6 Å². The van der Waals surface area contributed by atoms with E-state index in [9.17, 15) is 18.0 Å². The van der Waals surface area contributed by atoms with Gasteiger partial charge in [0.05, 0.1) is 10.6 Å². The summed E-state index contributed by atoms with van der Waals surface area (Å²) in [6, 6.07) is 11.3. The number of imidazole rings is 1. The lowest BCUT2D eigenvalue weighted by Gasteiger charge is -2.13. The van der Waals surface area contributed by atoms with Gasteiger partial charge in [-0.05, 0) is 30.5 Å². The molecule has 1 amide bonds. The average Bonchev–Trinajstić information content (AvgIpc) is 3.08. The molecule has 0 saturated carbocycles. The third-order valence-corrected chi connectivity index (χ3v) is 6.60. The van der Waals surface area contributed by atoms with Crippen LogP contribution in [0, 0.1) is 0 Å². The van der Waals surface area contributed by atoms with Gasteiger partial charge in [-0.2, -0.15) is 3.97 Å². The Balaban J connectivity index is 2.10. The zero-order valence-corrected chi connectivity index (χ0v) is 16.4. The van der Waals surface area contributed by atoms with Crippen LogP contribution >= 0.6 is 23.4 Å². The predicted molar refractivity (Wildman–Crippen MR) is 105 cm³/mol. The Morgan fingerprint density at radius 2 is 1.93 bits per heavy atom. The fourth-order valence-corrected chi connectivity index (χ4v) is 5.05. The molecule has 3 aromatic rings. The van der Waals surface area contributed by atoms with E-state index in [4.69, 9.17) is 11.6 Å². The Bertz CT molecular complexity index is 1150. The van der Waals surface area contributed by atoms with Crippen molar-refractivity contribution in [2.24, 2.45) is 0 Å². The van der Waals surface area contributed by atoms with Gasteiger partial charge in [-0.1, -0.05) is 29.8 Å². The van der Waals surface area contributed by atoms with Gasteiger partial charge in [0, 0.05) is 23.0 Å². The number of nitrogens with zero attached hydrogens (tertiary/aromatic N) is 1. The van der Waals surface area contributed by atoms with Crippen LogP contribution in [0.4, 0.5) is 5.69 Å². The second-order valence-electron chi connectivity index (χ2n) is 5.37. The van der Waals surface area contributed by atoms with Crippen LogP contribution in [0.2, 0.25) is 5.02 Å². The van der Waals surface area contributed by atoms with Gasteiger partial charge in [0.15, 0.2) is 0 Å². The Hall–Kier alpha value is -2.49. The molecule has 1 aromatic heterocycles. The molecule has 0 aliphatic heterocycles. The van der Waals surface area contributed by atoms with E-state index in [0.29, 0.717) is 14.6 Å². The van der Waals surface area contributed by atoms with Crippen LogP contribution in [-0.2, 0) is 10.0 Å². The fourth-order valence-electron chi connectivity index (χ4n) is 2.39. The van der Waals surface area contributed by atoms with Gasteiger partial charge in [0.1, 0.15) is 4.90 Å². The van der Waals surface area contributed by atoms with Gasteiger partial charge in [-0.15, -0.1) is 11.8 Å². The van der Waals surface area contributed by atoms with Crippen molar-refractivity contribution in [3.8, 4) is 0 Å². The summed E-state index contributed by atoms with van der Waals surface area (Å²) in [5.74, 6) is -0.559. The van der Waals surface area contributed by atoms with Crippen molar-refractivity contribution < 1.29 is 13.2 Å². The van der Waals surface area contributed by atoms with Crippen LogP contribution in [0.15, 0.2) is 69.4 Å². The maximum absolute atomic E-state index is 12.9. The van der Waals surface area contributed by atoms with E-state index in [-0.39, 0.29) is 15.5 Å². The number of hydrogen-bond donors (Lipinski definition) is 2. The normalized spacial score (nSPS) is 11.3.